The summed E-state index contributed by atoms with van der Waals surface area (Å²) in [6, 6.07) is 0. The van der Waals surface area contributed by atoms with Crippen LogP contribution in [-0.2, 0) is 4.79 Å². The largest absolute Gasteiger partial charge is 0.368 e. The molecule has 0 saturated heterocycles. The third-order valence-electron chi connectivity index (χ3n) is 4.62. The third-order valence-corrected chi connectivity index (χ3v) is 4.62. The highest BCUT2D eigenvalue weighted by Crippen LogP contribution is 2.38. The third kappa shape index (κ3) is 4.19. The fourth-order valence-corrected chi connectivity index (χ4v) is 3.66. The van der Waals surface area contributed by atoms with E-state index >= 15 is 0 Å². The fraction of sp³-hybridized carbons (Fsp3) is 0.938. The van der Waals surface area contributed by atoms with Crippen LogP contribution >= 0.6 is 0 Å². The van der Waals surface area contributed by atoms with Crippen molar-refractivity contribution in [3.63, 3.8) is 0 Å². The lowest BCUT2D eigenvalue weighted by molar-refractivity contribution is -0.126. The summed E-state index contributed by atoms with van der Waals surface area (Å²) in [5.41, 5.74) is 5.26. The van der Waals surface area contributed by atoms with Gasteiger partial charge in [0.05, 0.1) is 0 Å². The Morgan fingerprint density at radius 3 is 2.65 bits per heavy atom. The van der Waals surface area contributed by atoms with E-state index in [0.29, 0.717) is 11.8 Å². The molecule has 0 aromatic rings. The molecular formula is C16H33N3O. The zero-order valence-corrected chi connectivity index (χ0v) is 13.7. The monoisotopic (exact) mass is 283 g/mol. The van der Waals surface area contributed by atoms with Gasteiger partial charge in [-0.2, -0.15) is 0 Å². The Kier molecular flexibility index (Phi) is 6.96. The number of hydrogen-bond donors (Lipinski definition) is 2. The summed E-state index contributed by atoms with van der Waals surface area (Å²) in [5, 5.41) is 3.40. The number of hydrogen-bond acceptors (Lipinski definition) is 3. The highest BCUT2D eigenvalue weighted by Gasteiger charge is 2.46. The van der Waals surface area contributed by atoms with E-state index < -0.39 is 5.54 Å². The normalized spacial score (nSPS) is 26.6. The van der Waals surface area contributed by atoms with E-state index in [1.807, 2.05) is 0 Å². The maximum atomic E-state index is 12.0. The van der Waals surface area contributed by atoms with Crippen molar-refractivity contribution in [1.82, 2.24) is 10.2 Å². The average molecular weight is 283 g/mol. The van der Waals surface area contributed by atoms with Crippen LogP contribution < -0.4 is 11.1 Å². The summed E-state index contributed by atoms with van der Waals surface area (Å²) in [6.45, 7) is 12.9. The number of carbonyl (C=O) groups excluding carboxylic acids is 1. The summed E-state index contributed by atoms with van der Waals surface area (Å²) >= 11 is 0. The van der Waals surface area contributed by atoms with Crippen LogP contribution in [0.3, 0.4) is 0 Å². The Hall–Kier alpha value is -0.610. The van der Waals surface area contributed by atoms with Gasteiger partial charge < -0.3 is 16.0 Å². The van der Waals surface area contributed by atoms with Crippen LogP contribution in [-0.4, -0.2) is 42.5 Å². The molecule has 2 atom stereocenters. The van der Waals surface area contributed by atoms with Crippen LogP contribution in [0.2, 0.25) is 0 Å². The van der Waals surface area contributed by atoms with Crippen molar-refractivity contribution >= 4 is 5.91 Å². The molecule has 0 aliphatic heterocycles. The van der Waals surface area contributed by atoms with E-state index in [1.165, 1.54) is 0 Å². The molecule has 1 rings (SSSR count). The van der Waals surface area contributed by atoms with Crippen LogP contribution in [0.4, 0.5) is 0 Å². The van der Waals surface area contributed by atoms with E-state index in [9.17, 15) is 4.79 Å². The second-order valence-corrected chi connectivity index (χ2v) is 6.53. The zero-order chi connectivity index (χ0) is 15.2. The second-order valence-electron chi connectivity index (χ2n) is 6.53. The summed E-state index contributed by atoms with van der Waals surface area (Å²) < 4.78 is 0. The number of amides is 1. The molecule has 0 aromatic heterocycles. The summed E-state index contributed by atoms with van der Waals surface area (Å²) in [5.74, 6) is 0.920. The molecule has 118 valence electrons. The van der Waals surface area contributed by atoms with Gasteiger partial charge in [0.15, 0.2) is 0 Å². The molecule has 1 aliphatic carbocycles. The predicted molar refractivity (Wildman–Crippen MR) is 84.5 cm³/mol. The topological polar surface area (TPSA) is 58.4 Å². The molecule has 0 radical (unpaired) electrons. The van der Waals surface area contributed by atoms with E-state index in [0.717, 1.165) is 51.9 Å². The molecule has 1 saturated carbocycles. The van der Waals surface area contributed by atoms with Crippen LogP contribution in [0.1, 0.15) is 53.4 Å². The van der Waals surface area contributed by atoms with Gasteiger partial charge in [0.1, 0.15) is 5.54 Å². The average Bonchev–Trinajstić information content (AvgIpc) is 2.78. The van der Waals surface area contributed by atoms with Crippen molar-refractivity contribution in [2.75, 3.05) is 26.2 Å². The highest BCUT2D eigenvalue weighted by molar-refractivity contribution is 5.85. The van der Waals surface area contributed by atoms with Crippen LogP contribution in [0, 0.1) is 11.8 Å². The van der Waals surface area contributed by atoms with Crippen molar-refractivity contribution in [2.24, 2.45) is 17.6 Å². The van der Waals surface area contributed by atoms with Gasteiger partial charge in [0, 0.05) is 6.54 Å². The number of carbonyl (C=O) groups is 1. The SMILES string of the molecule is CCNC1(C(N)=O)CCCC1CCN(CC)CC(C)C. The molecule has 0 bridgehead atoms. The van der Waals surface area contributed by atoms with Crippen LogP contribution in [0.25, 0.3) is 0 Å². The molecule has 1 fully saturated rings. The minimum absolute atomic E-state index is 0.159. The Morgan fingerprint density at radius 1 is 1.45 bits per heavy atom. The molecule has 0 spiro atoms. The first kappa shape index (κ1) is 17.4. The number of likely N-dealkylation sites (N-methyl/N-ethyl adjacent to an activating group) is 1. The van der Waals surface area contributed by atoms with Gasteiger partial charge in [-0.25, -0.2) is 0 Å². The van der Waals surface area contributed by atoms with Crippen LogP contribution in [0.5, 0.6) is 0 Å². The molecule has 0 heterocycles. The first-order valence-corrected chi connectivity index (χ1v) is 8.23. The molecule has 4 nitrogen and oxygen atoms in total. The lowest BCUT2D eigenvalue weighted by Crippen LogP contribution is -2.58. The maximum absolute atomic E-state index is 12.0. The molecule has 2 unspecified atom stereocenters. The second kappa shape index (κ2) is 7.99. The van der Waals surface area contributed by atoms with E-state index in [-0.39, 0.29) is 5.91 Å². The Morgan fingerprint density at radius 2 is 2.15 bits per heavy atom. The number of nitrogens with two attached hydrogens (primary N) is 1. The molecule has 20 heavy (non-hydrogen) atoms. The van der Waals surface area contributed by atoms with E-state index in [1.54, 1.807) is 0 Å². The van der Waals surface area contributed by atoms with Gasteiger partial charge in [0.2, 0.25) is 5.91 Å². The fourth-order valence-electron chi connectivity index (χ4n) is 3.66. The maximum Gasteiger partial charge on any atom is 0.238 e. The van der Waals surface area contributed by atoms with Gasteiger partial charge in [-0.1, -0.05) is 34.1 Å². The van der Waals surface area contributed by atoms with Gasteiger partial charge in [-0.05, 0) is 50.7 Å². The summed E-state index contributed by atoms with van der Waals surface area (Å²) in [7, 11) is 0. The summed E-state index contributed by atoms with van der Waals surface area (Å²) in [4.78, 5) is 14.4. The van der Waals surface area contributed by atoms with Crippen LogP contribution in [0.15, 0.2) is 0 Å². The Balaban J connectivity index is 2.62. The first-order valence-electron chi connectivity index (χ1n) is 8.23. The lowest BCUT2D eigenvalue weighted by Gasteiger charge is -2.35. The zero-order valence-electron chi connectivity index (χ0n) is 13.7. The number of nitrogens with zero attached hydrogens (tertiary/aromatic N) is 1. The minimum Gasteiger partial charge on any atom is -0.368 e. The van der Waals surface area contributed by atoms with Crippen molar-refractivity contribution in [3.05, 3.63) is 0 Å². The molecular weight excluding hydrogens is 250 g/mol. The Labute approximate surface area is 124 Å². The molecule has 1 amide bonds. The molecule has 3 N–H and O–H groups in total. The van der Waals surface area contributed by atoms with Gasteiger partial charge in [-0.3, -0.25) is 4.79 Å². The van der Waals surface area contributed by atoms with Crippen molar-refractivity contribution in [3.8, 4) is 0 Å². The number of rotatable bonds is 9. The van der Waals surface area contributed by atoms with Gasteiger partial charge in [-0.15, -0.1) is 0 Å². The van der Waals surface area contributed by atoms with Gasteiger partial charge >= 0.3 is 0 Å². The summed E-state index contributed by atoms with van der Waals surface area (Å²) in [6.07, 6.45) is 4.19. The van der Waals surface area contributed by atoms with Gasteiger partial charge in [0.25, 0.3) is 0 Å². The minimum atomic E-state index is -0.452. The molecule has 1 aliphatic rings. The molecule has 0 aromatic carbocycles. The first-order chi connectivity index (χ1) is 9.46. The van der Waals surface area contributed by atoms with Crippen molar-refractivity contribution in [2.45, 2.75) is 58.9 Å². The highest BCUT2D eigenvalue weighted by atomic mass is 16.1. The van der Waals surface area contributed by atoms with Crippen molar-refractivity contribution in [1.29, 1.82) is 0 Å². The number of nitrogens with one attached hydrogen (secondary N) is 1. The van der Waals surface area contributed by atoms with Crippen molar-refractivity contribution < 1.29 is 4.79 Å². The standard InChI is InChI=1S/C16H33N3O/c1-5-18-16(15(17)20)10-7-8-14(16)9-11-19(6-2)12-13(3)4/h13-14,18H,5-12H2,1-4H3,(H2,17,20). The smallest absolute Gasteiger partial charge is 0.238 e. The molecule has 4 heteroatoms. The Bertz CT molecular complexity index is 306. The number of primary amides is 1. The van der Waals surface area contributed by atoms with E-state index in [4.69, 9.17) is 5.73 Å². The van der Waals surface area contributed by atoms with E-state index in [2.05, 4.69) is 37.9 Å². The quantitative estimate of drug-likeness (QED) is 0.680. The predicted octanol–water partition coefficient (Wildman–Crippen LogP) is 1.99. The lowest BCUT2D eigenvalue weighted by atomic mass is 9.83.